The van der Waals surface area contributed by atoms with Gasteiger partial charge in [0.15, 0.2) is 5.69 Å². The first kappa shape index (κ1) is 18.7. The Morgan fingerprint density at radius 3 is 2.81 bits per heavy atom. The highest BCUT2D eigenvalue weighted by Gasteiger charge is 2.29. The Balaban J connectivity index is 1.34. The second kappa shape index (κ2) is 8.12. The van der Waals surface area contributed by atoms with Crippen molar-refractivity contribution < 1.29 is 4.79 Å². The molecule has 4 rings (SSSR count). The molecule has 4 heterocycles. The summed E-state index contributed by atoms with van der Waals surface area (Å²) in [6.07, 6.45) is 4.67. The number of amides is 1. The zero-order valence-corrected chi connectivity index (χ0v) is 17.0. The van der Waals surface area contributed by atoms with Gasteiger partial charge in [0.05, 0.1) is 10.6 Å². The number of piperidine rings is 2. The number of aromatic amines is 1. The number of carbonyl (C=O) groups is 1. The second-order valence-electron chi connectivity index (χ2n) is 7.92. The summed E-state index contributed by atoms with van der Waals surface area (Å²) < 4.78 is 0. The van der Waals surface area contributed by atoms with Crippen molar-refractivity contribution in [1.29, 1.82) is 0 Å². The van der Waals surface area contributed by atoms with Gasteiger partial charge in [-0.25, -0.2) is 0 Å². The molecule has 0 aliphatic carbocycles. The number of thiophene rings is 1. The number of hydrogen-bond donors (Lipinski definition) is 2. The summed E-state index contributed by atoms with van der Waals surface area (Å²) in [4.78, 5) is 20.0. The Bertz CT molecular complexity index is 777. The van der Waals surface area contributed by atoms with Crippen LogP contribution >= 0.6 is 11.3 Å². The Labute approximate surface area is 164 Å². The third kappa shape index (κ3) is 4.42. The summed E-state index contributed by atoms with van der Waals surface area (Å²) in [6, 6.07) is 6.89. The highest BCUT2D eigenvalue weighted by molar-refractivity contribution is 7.15. The fourth-order valence-corrected chi connectivity index (χ4v) is 5.05. The SMILES string of the molecule is Cc1ccc(-c2cc(C(=O)N[C@H]3CCCN(C4CCN(C)CC4)C3)n[nH]2)s1. The van der Waals surface area contributed by atoms with Crippen LogP contribution in [0.25, 0.3) is 10.6 Å². The maximum atomic E-state index is 12.7. The van der Waals surface area contributed by atoms with Crippen LogP contribution < -0.4 is 5.32 Å². The first-order chi connectivity index (χ1) is 13.1. The molecule has 0 saturated carbocycles. The van der Waals surface area contributed by atoms with E-state index in [1.165, 1.54) is 30.8 Å². The summed E-state index contributed by atoms with van der Waals surface area (Å²) >= 11 is 1.70. The molecule has 1 atom stereocenters. The van der Waals surface area contributed by atoms with Gasteiger partial charge in [-0.3, -0.25) is 14.8 Å². The van der Waals surface area contributed by atoms with Crippen molar-refractivity contribution in [3.63, 3.8) is 0 Å². The van der Waals surface area contributed by atoms with Crippen molar-refractivity contribution in [1.82, 2.24) is 25.3 Å². The van der Waals surface area contributed by atoms with E-state index in [0.717, 1.165) is 36.5 Å². The van der Waals surface area contributed by atoms with Crippen molar-refractivity contribution in [2.75, 3.05) is 33.2 Å². The molecule has 2 aliphatic heterocycles. The first-order valence-electron chi connectivity index (χ1n) is 9.94. The van der Waals surface area contributed by atoms with Gasteiger partial charge in [-0.15, -0.1) is 11.3 Å². The fraction of sp³-hybridized carbons (Fsp3) is 0.600. The molecule has 2 N–H and O–H groups in total. The fourth-order valence-electron chi connectivity index (χ4n) is 4.22. The average molecular weight is 388 g/mol. The van der Waals surface area contributed by atoms with Crippen molar-refractivity contribution in [3.8, 4) is 10.6 Å². The Morgan fingerprint density at radius 1 is 1.26 bits per heavy atom. The maximum absolute atomic E-state index is 12.7. The number of nitrogens with zero attached hydrogens (tertiary/aromatic N) is 3. The summed E-state index contributed by atoms with van der Waals surface area (Å²) in [7, 11) is 2.20. The van der Waals surface area contributed by atoms with Crippen LogP contribution in [0.5, 0.6) is 0 Å². The van der Waals surface area contributed by atoms with E-state index in [9.17, 15) is 4.79 Å². The van der Waals surface area contributed by atoms with E-state index in [0.29, 0.717) is 11.7 Å². The molecule has 0 aromatic carbocycles. The number of carbonyl (C=O) groups excluding carboxylic acids is 1. The molecule has 1 amide bonds. The highest BCUT2D eigenvalue weighted by atomic mass is 32.1. The third-order valence-electron chi connectivity index (χ3n) is 5.81. The molecule has 2 aliphatic rings. The number of H-pyrrole nitrogens is 1. The predicted octanol–water partition coefficient (Wildman–Crippen LogP) is 2.74. The molecular formula is C20H29N5OS. The van der Waals surface area contributed by atoms with Crippen LogP contribution in [0.15, 0.2) is 18.2 Å². The zero-order chi connectivity index (χ0) is 18.8. The van der Waals surface area contributed by atoms with Gasteiger partial charge in [0, 0.05) is 23.5 Å². The third-order valence-corrected chi connectivity index (χ3v) is 6.84. The van der Waals surface area contributed by atoms with Gasteiger partial charge in [0.25, 0.3) is 5.91 Å². The van der Waals surface area contributed by atoms with E-state index in [1.807, 2.05) is 6.07 Å². The van der Waals surface area contributed by atoms with Gasteiger partial charge in [0.1, 0.15) is 0 Å². The molecule has 0 bridgehead atoms. The lowest BCUT2D eigenvalue weighted by Gasteiger charge is -2.41. The van der Waals surface area contributed by atoms with Crippen LogP contribution in [0.4, 0.5) is 0 Å². The van der Waals surface area contributed by atoms with Crippen LogP contribution in [0.3, 0.4) is 0 Å². The molecule has 0 unspecified atom stereocenters. The minimum Gasteiger partial charge on any atom is -0.347 e. The van der Waals surface area contributed by atoms with Crippen LogP contribution in [-0.4, -0.2) is 71.2 Å². The zero-order valence-electron chi connectivity index (χ0n) is 16.2. The van der Waals surface area contributed by atoms with Crippen molar-refractivity contribution >= 4 is 17.2 Å². The molecule has 27 heavy (non-hydrogen) atoms. The molecule has 2 aromatic rings. The van der Waals surface area contributed by atoms with E-state index in [1.54, 1.807) is 11.3 Å². The summed E-state index contributed by atoms with van der Waals surface area (Å²) in [5.41, 5.74) is 1.39. The topological polar surface area (TPSA) is 64.3 Å². The number of rotatable bonds is 4. The van der Waals surface area contributed by atoms with Gasteiger partial charge in [-0.05, 0) is 77.5 Å². The molecule has 0 radical (unpaired) electrons. The summed E-state index contributed by atoms with van der Waals surface area (Å²) in [5, 5.41) is 10.5. The van der Waals surface area contributed by atoms with E-state index in [4.69, 9.17) is 0 Å². The molecule has 2 saturated heterocycles. The lowest BCUT2D eigenvalue weighted by atomic mass is 9.98. The van der Waals surface area contributed by atoms with Crippen LogP contribution in [-0.2, 0) is 0 Å². The average Bonchev–Trinajstić information content (AvgIpc) is 3.31. The second-order valence-corrected chi connectivity index (χ2v) is 9.21. The number of likely N-dealkylation sites (tertiary alicyclic amines) is 2. The van der Waals surface area contributed by atoms with Gasteiger partial charge in [-0.1, -0.05) is 0 Å². The minimum absolute atomic E-state index is 0.0685. The Morgan fingerprint density at radius 2 is 2.07 bits per heavy atom. The first-order valence-corrected chi connectivity index (χ1v) is 10.8. The standard InChI is InChI=1S/C20H29N5OS/c1-14-5-6-19(27-14)17-12-18(23-22-17)20(26)21-15-4-3-9-25(13-15)16-7-10-24(2)11-8-16/h5-6,12,15-16H,3-4,7-11,13H2,1-2H3,(H,21,26)(H,22,23)/t15-/m0/s1. The molecule has 7 heteroatoms. The van der Waals surface area contributed by atoms with Gasteiger partial charge in [0.2, 0.25) is 0 Å². The minimum atomic E-state index is -0.0685. The van der Waals surface area contributed by atoms with Crippen molar-refractivity contribution in [3.05, 3.63) is 28.8 Å². The quantitative estimate of drug-likeness (QED) is 0.847. The number of nitrogens with one attached hydrogen (secondary N) is 2. The molecular weight excluding hydrogens is 358 g/mol. The Hall–Kier alpha value is -1.70. The molecule has 146 valence electrons. The van der Waals surface area contributed by atoms with Crippen LogP contribution in [0, 0.1) is 6.92 Å². The largest absolute Gasteiger partial charge is 0.347 e. The highest BCUT2D eigenvalue weighted by Crippen LogP contribution is 2.26. The van der Waals surface area contributed by atoms with E-state index < -0.39 is 0 Å². The van der Waals surface area contributed by atoms with Crippen LogP contribution in [0.2, 0.25) is 0 Å². The van der Waals surface area contributed by atoms with Gasteiger partial charge < -0.3 is 10.2 Å². The van der Waals surface area contributed by atoms with E-state index in [-0.39, 0.29) is 11.9 Å². The van der Waals surface area contributed by atoms with Gasteiger partial charge >= 0.3 is 0 Å². The van der Waals surface area contributed by atoms with E-state index >= 15 is 0 Å². The lowest BCUT2D eigenvalue weighted by Crippen LogP contribution is -2.53. The van der Waals surface area contributed by atoms with E-state index in [2.05, 4.69) is 51.4 Å². The molecule has 0 spiro atoms. The number of hydrogen-bond acceptors (Lipinski definition) is 5. The Kier molecular flexibility index (Phi) is 5.61. The van der Waals surface area contributed by atoms with Crippen molar-refractivity contribution in [2.45, 2.75) is 44.7 Å². The van der Waals surface area contributed by atoms with Gasteiger partial charge in [-0.2, -0.15) is 5.10 Å². The molecule has 2 aromatic heterocycles. The summed E-state index contributed by atoms with van der Waals surface area (Å²) in [5.74, 6) is -0.0685. The molecule has 6 nitrogen and oxygen atoms in total. The smallest absolute Gasteiger partial charge is 0.272 e. The van der Waals surface area contributed by atoms with Crippen molar-refractivity contribution in [2.24, 2.45) is 0 Å². The maximum Gasteiger partial charge on any atom is 0.272 e. The number of aryl methyl sites for hydroxylation is 1. The molecule has 2 fully saturated rings. The number of aromatic nitrogens is 2. The normalized spacial score (nSPS) is 22.8. The van der Waals surface area contributed by atoms with Crippen LogP contribution in [0.1, 0.15) is 41.0 Å². The lowest BCUT2D eigenvalue weighted by molar-refractivity contribution is 0.0763. The monoisotopic (exact) mass is 387 g/mol. The predicted molar refractivity (Wildman–Crippen MR) is 109 cm³/mol. The summed E-state index contributed by atoms with van der Waals surface area (Å²) in [6.45, 7) is 6.55.